The topological polar surface area (TPSA) is 58.6 Å². The number of rotatable bonds is 4. The fourth-order valence-electron chi connectivity index (χ4n) is 2.47. The van der Waals surface area contributed by atoms with Gasteiger partial charge in [0, 0.05) is 26.3 Å². The molecule has 2 rings (SSSR count). The molecule has 0 saturated heterocycles. The van der Waals surface area contributed by atoms with Crippen molar-refractivity contribution >= 4 is 17.5 Å². The second kappa shape index (κ2) is 6.22. The number of anilines is 1. The molecule has 1 aliphatic heterocycles. The molecule has 1 aliphatic rings. The Hall–Kier alpha value is -1.95. The number of likely N-dealkylation sites (N-methyl/N-ethyl adjacent to an activating group) is 1. The molecule has 1 heterocycles. The summed E-state index contributed by atoms with van der Waals surface area (Å²) in [6.45, 7) is 2.29. The molecule has 2 atom stereocenters. The molecule has 2 amide bonds. The molecule has 114 valence electrons. The number of ether oxygens (including phenoxy) is 1. The number of benzene rings is 1. The third-order valence-electron chi connectivity index (χ3n) is 3.77. The molecular formula is C15H19FN2O3. The Bertz CT molecular complexity index is 562. The van der Waals surface area contributed by atoms with E-state index >= 15 is 0 Å². The van der Waals surface area contributed by atoms with Crippen LogP contribution in [0.15, 0.2) is 18.2 Å². The van der Waals surface area contributed by atoms with Gasteiger partial charge in [-0.25, -0.2) is 4.39 Å². The van der Waals surface area contributed by atoms with E-state index in [4.69, 9.17) is 4.74 Å². The third kappa shape index (κ3) is 3.21. The van der Waals surface area contributed by atoms with E-state index < -0.39 is 11.7 Å². The standard InChI is InChI=1S/C15H19FN2O3/c1-9(8-21-3)18(2)15(20)12-7-14(19)17-13-6-10(16)4-5-11(12)13/h4-6,9,12H,7-8H2,1-3H3,(H,17,19)/t9-,12+/m0/s1. The van der Waals surface area contributed by atoms with Crippen LogP contribution in [0.1, 0.15) is 24.8 Å². The van der Waals surface area contributed by atoms with Gasteiger partial charge in [0.2, 0.25) is 11.8 Å². The summed E-state index contributed by atoms with van der Waals surface area (Å²) in [5, 5.41) is 2.60. The van der Waals surface area contributed by atoms with Gasteiger partial charge >= 0.3 is 0 Å². The number of hydrogen-bond donors (Lipinski definition) is 1. The molecule has 0 bridgehead atoms. The highest BCUT2D eigenvalue weighted by atomic mass is 19.1. The second-order valence-corrected chi connectivity index (χ2v) is 5.29. The van der Waals surface area contributed by atoms with Gasteiger partial charge in [-0.05, 0) is 24.6 Å². The summed E-state index contributed by atoms with van der Waals surface area (Å²) in [7, 11) is 3.25. The number of halogens is 1. The van der Waals surface area contributed by atoms with Crippen molar-refractivity contribution in [1.29, 1.82) is 0 Å². The van der Waals surface area contributed by atoms with Crippen molar-refractivity contribution in [3.05, 3.63) is 29.6 Å². The molecule has 5 nitrogen and oxygen atoms in total. The van der Waals surface area contributed by atoms with Crippen LogP contribution in [0.3, 0.4) is 0 Å². The Balaban J connectivity index is 2.28. The van der Waals surface area contributed by atoms with Crippen LogP contribution in [0.4, 0.5) is 10.1 Å². The van der Waals surface area contributed by atoms with Crippen LogP contribution in [0.2, 0.25) is 0 Å². The highest BCUT2D eigenvalue weighted by Gasteiger charge is 2.33. The highest BCUT2D eigenvalue weighted by molar-refractivity contribution is 6.01. The van der Waals surface area contributed by atoms with Crippen LogP contribution in [0.25, 0.3) is 0 Å². The number of fused-ring (bicyclic) bond motifs is 1. The number of methoxy groups -OCH3 is 1. The van der Waals surface area contributed by atoms with Gasteiger partial charge in [-0.2, -0.15) is 0 Å². The number of nitrogens with one attached hydrogen (secondary N) is 1. The molecule has 0 fully saturated rings. The van der Waals surface area contributed by atoms with E-state index in [-0.39, 0.29) is 24.3 Å². The predicted molar refractivity (Wildman–Crippen MR) is 76.5 cm³/mol. The van der Waals surface area contributed by atoms with Gasteiger partial charge in [-0.15, -0.1) is 0 Å². The van der Waals surface area contributed by atoms with E-state index in [1.54, 1.807) is 25.1 Å². The smallest absolute Gasteiger partial charge is 0.230 e. The lowest BCUT2D eigenvalue weighted by molar-refractivity contribution is -0.136. The molecule has 1 N–H and O–H groups in total. The van der Waals surface area contributed by atoms with Crippen LogP contribution >= 0.6 is 0 Å². The molecule has 0 radical (unpaired) electrons. The van der Waals surface area contributed by atoms with Gasteiger partial charge in [-0.3, -0.25) is 9.59 Å². The van der Waals surface area contributed by atoms with Crippen molar-refractivity contribution in [3.63, 3.8) is 0 Å². The largest absolute Gasteiger partial charge is 0.383 e. The third-order valence-corrected chi connectivity index (χ3v) is 3.77. The SMILES string of the molecule is COC[C@H](C)N(C)C(=O)[C@@H]1CC(=O)Nc2cc(F)ccc21. The van der Waals surface area contributed by atoms with Gasteiger partial charge in [0.15, 0.2) is 0 Å². The van der Waals surface area contributed by atoms with Crippen molar-refractivity contribution in [3.8, 4) is 0 Å². The molecule has 1 aromatic rings. The fraction of sp³-hybridized carbons (Fsp3) is 0.467. The lowest BCUT2D eigenvalue weighted by Crippen LogP contribution is -2.42. The zero-order valence-electron chi connectivity index (χ0n) is 12.4. The van der Waals surface area contributed by atoms with Crippen molar-refractivity contribution in [1.82, 2.24) is 4.90 Å². The molecule has 0 aliphatic carbocycles. The first-order valence-corrected chi connectivity index (χ1v) is 6.79. The lowest BCUT2D eigenvalue weighted by atomic mass is 9.89. The van der Waals surface area contributed by atoms with E-state index in [0.29, 0.717) is 17.9 Å². The Morgan fingerprint density at radius 3 is 2.95 bits per heavy atom. The van der Waals surface area contributed by atoms with E-state index in [9.17, 15) is 14.0 Å². The first-order chi connectivity index (χ1) is 9.93. The van der Waals surface area contributed by atoms with Crippen LogP contribution in [0, 0.1) is 5.82 Å². The Morgan fingerprint density at radius 2 is 2.29 bits per heavy atom. The zero-order chi connectivity index (χ0) is 15.6. The van der Waals surface area contributed by atoms with Crippen LogP contribution in [-0.4, -0.2) is 43.5 Å². The monoisotopic (exact) mass is 294 g/mol. The maximum Gasteiger partial charge on any atom is 0.230 e. The average molecular weight is 294 g/mol. The minimum Gasteiger partial charge on any atom is -0.383 e. The normalized spacial score (nSPS) is 18.7. The van der Waals surface area contributed by atoms with Gasteiger partial charge in [0.25, 0.3) is 0 Å². The molecule has 1 aromatic carbocycles. The molecule has 6 heteroatoms. The van der Waals surface area contributed by atoms with Gasteiger partial charge in [0.05, 0.1) is 18.6 Å². The summed E-state index contributed by atoms with van der Waals surface area (Å²) in [5.41, 5.74) is 1.02. The van der Waals surface area contributed by atoms with E-state index in [1.165, 1.54) is 12.1 Å². The van der Waals surface area contributed by atoms with Crippen LogP contribution < -0.4 is 5.32 Å². The predicted octanol–water partition coefficient (Wildman–Crippen LogP) is 1.74. The van der Waals surface area contributed by atoms with Gasteiger partial charge in [0.1, 0.15) is 5.82 Å². The molecule has 0 spiro atoms. The Morgan fingerprint density at radius 1 is 1.57 bits per heavy atom. The van der Waals surface area contributed by atoms with Crippen molar-refractivity contribution < 1.29 is 18.7 Å². The quantitative estimate of drug-likeness (QED) is 0.920. The van der Waals surface area contributed by atoms with Crippen molar-refractivity contribution in [2.24, 2.45) is 0 Å². The summed E-state index contributed by atoms with van der Waals surface area (Å²) >= 11 is 0. The van der Waals surface area contributed by atoms with Gasteiger partial charge < -0.3 is 15.0 Å². The van der Waals surface area contributed by atoms with Gasteiger partial charge in [-0.1, -0.05) is 6.07 Å². The molecular weight excluding hydrogens is 275 g/mol. The summed E-state index contributed by atoms with van der Waals surface area (Å²) in [6.07, 6.45) is 0.0709. The minimum absolute atomic E-state index is 0.0709. The molecule has 0 aromatic heterocycles. The fourth-order valence-corrected chi connectivity index (χ4v) is 2.47. The number of carbonyl (C=O) groups is 2. The Labute approximate surface area is 123 Å². The number of amides is 2. The maximum atomic E-state index is 13.3. The van der Waals surface area contributed by atoms with Crippen molar-refractivity contribution in [2.75, 3.05) is 26.1 Å². The summed E-state index contributed by atoms with van der Waals surface area (Å²) in [6, 6.07) is 4.00. The van der Waals surface area contributed by atoms with Crippen molar-refractivity contribution in [2.45, 2.75) is 25.3 Å². The van der Waals surface area contributed by atoms with Crippen LogP contribution in [0.5, 0.6) is 0 Å². The van der Waals surface area contributed by atoms with E-state index in [0.717, 1.165) is 0 Å². The number of hydrogen-bond acceptors (Lipinski definition) is 3. The maximum absolute atomic E-state index is 13.3. The molecule has 0 unspecified atom stereocenters. The minimum atomic E-state index is -0.585. The zero-order valence-corrected chi connectivity index (χ0v) is 12.4. The molecule has 0 saturated carbocycles. The summed E-state index contributed by atoms with van der Waals surface area (Å²) in [5.74, 6) is -1.47. The Kier molecular flexibility index (Phi) is 4.57. The first-order valence-electron chi connectivity index (χ1n) is 6.79. The van der Waals surface area contributed by atoms with Crippen LogP contribution in [-0.2, 0) is 14.3 Å². The average Bonchev–Trinajstić information content (AvgIpc) is 2.44. The first kappa shape index (κ1) is 15.4. The van der Waals surface area contributed by atoms with E-state index in [1.807, 2.05) is 6.92 Å². The number of carbonyl (C=O) groups excluding carboxylic acids is 2. The second-order valence-electron chi connectivity index (χ2n) is 5.29. The molecule has 21 heavy (non-hydrogen) atoms. The summed E-state index contributed by atoms with van der Waals surface area (Å²) < 4.78 is 18.3. The van der Waals surface area contributed by atoms with E-state index in [2.05, 4.69) is 5.32 Å². The highest BCUT2D eigenvalue weighted by Crippen LogP contribution is 2.34. The number of nitrogens with zero attached hydrogens (tertiary/aromatic N) is 1. The summed E-state index contributed by atoms with van der Waals surface area (Å²) in [4.78, 5) is 25.9. The lowest BCUT2D eigenvalue weighted by Gasteiger charge is -2.31.